The van der Waals surface area contributed by atoms with E-state index in [4.69, 9.17) is 0 Å². The highest BCUT2D eigenvalue weighted by Crippen LogP contribution is 2.13. The van der Waals surface area contributed by atoms with Crippen molar-refractivity contribution in [1.82, 2.24) is 24.7 Å². The van der Waals surface area contributed by atoms with Gasteiger partial charge in [0.25, 0.3) is 0 Å². The number of nitrogens with zero attached hydrogens (tertiary/aromatic N) is 6. The Morgan fingerprint density at radius 2 is 2.21 bits per heavy atom. The summed E-state index contributed by atoms with van der Waals surface area (Å²) in [5.41, 5.74) is 0. The van der Waals surface area contributed by atoms with Crippen molar-refractivity contribution in [1.29, 1.82) is 0 Å². The summed E-state index contributed by atoms with van der Waals surface area (Å²) in [6, 6.07) is 2.15. The molecule has 0 aromatic carbocycles. The summed E-state index contributed by atoms with van der Waals surface area (Å²) in [6.07, 6.45) is 4.81. The molecule has 0 aliphatic heterocycles. The first-order valence-corrected chi connectivity index (χ1v) is 6.31. The highest BCUT2D eigenvalue weighted by Gasteiger charge is 2.07. The molecule has 1 N–H and O–H groups in total. The number of hydrogen-bond donors (Lipinski definition) is 1. The van der Waals surface area contributed by atoms with Crippen molar-refractivity contribution in [3.63, 3.8) is 0 Å². The van der Waals surface area contributed by atoms with E-state index in [2.05, 4.69) is 44.1 Å². The maximum Gasteiger partial charge on any atom is 0.137 e. The average molecular weight is 261 g/mol. The highest BCUT2D eigenvalue weighted by atomic mass is 15.3. The molecule has 0 spiro atoms. The van der Waals surface area contributed by atoms with Crippen molar-refractivity contribution < 1.29 is 0 Å². The smallest absolute Gasteiger partial charge is 0.137 e. The van der Waals surface area contributed by atoms with Gasteiger partial charge < -0.3 is 10.2 Å². The molecule has 7 heteroatoms. The van der Waals surface area contributed by atoms with E-state index in [0.29, 0.717) is 0 Å². The topological polar surface area (TPSA) is 71.8 Å². The molecule has 2 aromatic rings. The van der Waals surface area contributed by atoms with Gasteiger partial charge in [-0.2, -0.15) is 5.10 Å². The van der Waals surface area contributed by atoms with Crippen LogP contribution in [0, 0.1) is 0 Å². The van der Waals surface area contributed by atoms with Crippen molar-refractivity contribution in [2.24, 2.45) is 0 Å². The number of rotatable bonds is 6. The van der Waals surface area contributed by atoms with Gasteiger partial charge in [-0.1, -0.05) is 0 Å². The van der Waals surface area contributed by atoms with Crippen LogP contribution in [-0.2, 0) is 6.54 Å². The van der Waals surface area contributed by atoms with E-state index in [1.807, 2.05) is 13.1 Å². The molecule has 19 heavy (non-hydrogen) atoms. The lowest BCUT2D eigenvalue weighted by molar-refractivity contribution is 0.558. The number of nitrogens with one attached hydrogen (secondary N) is 1. The molecule has 0 fully saturated rings. The Bertz CT molecular complexity index is 497. The van der Waals surface area contributed by atoms with Crippen LogP contribution in [0.25, 0.3) is 0 Å². The fourth-order valence-corrected chi connectivity index (χ4v) is 1.70. The summed E-state index contributed by atoms with van der Waals surface area (Å²) in [6.45, 7) is 5.81. The SMILES string of the molecule is CCN(C)c1cc(NC(C)Cn2cncn2)ncn1. The minimum Gasteiger partial charge on any atom is -0.366 e. The second kappa shape index (κ2) is 6.12. The highest BCUT2D eigenvalue weighted by molar-refractivity contribution is 5.48. The molecular weight excluding hydrogens is 242 g/mol. The average Bonchev–Trinajstić information content (AvgIpc) is 2.90. The summed E-state index contributed by atoms with van der Waals surface area (Å²) >= 11 is 0. The Kier molecular flexibility index (Phi) is 4.27. The number of anilines is 2. The van der Waals surface area contributed by atoms with Crippen molar-refractivity contribution in [2.75, 3.05) is 23.8 Å². The molecule has 0 aliphatic carbocycles. The first-order valence-electron chi connectivity index (χ1n) is 6.31. The molecule has 1 unspecified atom stereocenters. The van der Waals surface area contributed by atoms with Crippen LogP contribution < -0.4 is 10.2 Å². The van der Waals surface area contributed by atoms with Gasteiger partial charge >= 0.3 is 0 Å². The molecule has 2 heterocycles. The second-order valence-electron chi connectivity index (χ2n) is 4.44. The zero-order valence-electron chi connectivity index (χ0n) is 11.5. The van der Waals surface area contributed by atoms with E-state index in [1.54, 1.807) is 17.3 Å². The van der Waals surface area contributed by atoms with Gasteiger partial charge in [0.1, 0.15) is 30.6 Å². The maximum absolute atomic E-state index is 4.24. The molecule has 2 rings (SSSR count). The van der Waals surface area contributed by atoms with Crippen molar-refractivity contribution >= 4 is 11.6 Å². The second-order valence-corrected chi connectivity index (χ2v) is 4.44. The fraction of sp³-hybridized carbons (Fsp3) is 0.500. The van der Waals surface area contributed by atoms with Crippen LogP contribution in [0.2, 0.25) is 0 Å². The molecule has 0 saturated carbocycles. The van der Waals surface area contributed by atoms with E-state index >= 15 is 0 Å². The van der Waals surface area contributed by atoms with E-state index in [1.165, 1.54) is 6.33 Å². The summed E-state index contributed by atoms with van der Waals surface area (Å²) < 4.78 is 1.79. The third kappa shape index (κ3) is 3.64. The Morgan fingerprint density at radius 3 is 2.89 bits per heavy atom. The lowest BCUT2D eigenvalue weighted by Gasteiger charge is -2.18. The molecule has 2 aromatic heterocycles. The fourth-order valence-electron chi connectivity index (χ4n) is 1.70. The lowest BCUT2D eigenvalue weighted by atomic mass is 10.3. The molecule has 0 saturated heterocycles. The van der Waals surface area contributed by atoms with Crippen LogP contribution in [0.5, 0.6) is 0 Å². The van der Waals surface area contributed by atoms with Gasteiger partial charge in [-0.05, 0) is 13.8 Å². The lowest BCUT2D eigenvalue weighted by Crippen LogP contribution is -2.23. The minimum absolute atomic E-state index is 0.205. The summed E-state index contributed by atoms with van der Waals surface area (Å²) in [4.78, 5) is 14.5. The van der Waals surface area contributed by atoms with Gasteiger partial charge in [-0.3, -0.25) is 4.68 Å². The molecule has 102 valence electrons. The Hall–Kier alpha value is -2.18. The van der Waals surface area contributed by atoms with Crippen molar-refractivity contribution in [3.8, 4) is 0 Å². The number of hydrogen-bond acceptors (Lipinski definition) is 6. The van der Waals surface area contributed by atoms with Crippen molar-refractivity contribution in [3.05, 3.63) is 25.0 Å². The van der Waals surface area contributed by atoms with E-state index in [9.17, 15) is 0 Å². The van der Waals surface area contributed by atoms with Gasteiger partial charge in [-0.15, -0.1) is 0 Å². The minimum atomic E-state index is 0.205. The zero-order chi connectivity index (χ0) is 13.7. The van der Waals surface area contributed by atoms with Crippen LogP contribution in [0.3, 0.4) is 0 Å². The first-order chi connectivity index (χ1) is 9.19. The summed E-state index contributed by atoms with van der Waals surface area (Å²) in [5.74, 6) is 1.73. The van der Waals surface area contributed by atoms with Crippen LogP contribution in [-0.4, -0.2) is 44.4 Å². The maximum atomic E-state index is 4.24. The molecule has 0 amide bonds. The molecule has 0 aliphatic rings. The van der Waals surface area contributed by atoms with Gasteiger partial charge in [-0.25, -0.2) is 15.0 Å². The monoisotopic (exact) mass is 261 g/mol. The predicted octanol–water partition coefficient (Wildman–Crippen LogP) is 1.02. The Labute approximate surface area is 112 Å². The normalized spacial score (nSPS) is 12.2. The molecule has 7 nitrogen and oxygen atoms in total. The van der Waals surface area contributed by atoms with Gasteiger partial charge in [0.15, 0.2) is 0 Å². The van der Waals surface area contributed by atoms with E-state index in [-0.39, 0.29) is 6.04 Å². The van der Waals surface area contributed by atoms with E-state index < -0.39 is 0 Å². The van der Waals surface area contributed by atoms with Crippen molar-refractivity contribution in [2.45, 2.75) is 26.4 Å². The number of aromatic nitrogens is 5. The molecular formula is C12H19N7. The molecule has 0 radical (unpaired) electrons. The third-order valence-corrected chi connectivity index (χ3v) is 2.84. The Balaban J connectivity index is 1.98. The van der Waals surface area contributed by atoms with Crippen LogP contribution in [0.15, 0.2) is 25.0 Å². The quantitative estimate of drug-likeness (QED) is 0.837. The summed E-state index contributed by atoms with van der Waals surface area (Å²) in [5, 5.41) is 7.41. The largest absolute Gasteiger partial charge is 0.366 e. The molecule has 1 atom stereocenters. The van der Waals surface area contributed by atoms with E-state index in [0.717, 1.165) is 24.7 Å². The molecule has 0 bridgehead atoms. The Morgan fingerprint density at radius 1 is 1.37 bits per heavy atom. The zero-order valence-corrected chi connectivity index (χ0v) is 11.5. The van der Waals surface area contributed by atoms with Gasteiger partial charge in [0, 0.05) is 25.7 Å². The predicted molar refractivity (Wildman–Crippen MR) is 74.1 cm³/mol. The standard InChI is InChI=1S/C12H19N7/c1-4-18(3)12-5-11(14-8-15-12)17-10(2)6-19-9-13-7-16-19/h5,7-10H,4,6H2,1-3H3,(H,14,15,17). The summed E-state index contributed by atoms with van der Waals surface area (Å²) in [7, 11) is 2.00. The van der Waals surface area contributed by atoms with Crippen LogP contribution in [0.4, 0.5) is 11.6 Å². The van der Waals surface area contributed by atoms with Crippen LogP contribution >= 0.6 is 0 Å². The third-order valence-electron chi connectivity index (χ3n) is 2.84. The van der Waals surface area contributed by atoms with Crippen LogP contribution in [0.1, 0.15) is 13.8 Å². The van der Waals surface area contributed by atoms with Gasteiger partial charge in [0.05, 0.1) is 6.54 Å². The van der Waals surface area contributed by atoms with Gasteiger partial charge in [0.2, 0.25) is 0 Å². The first kappa shape index (κ1) is 13.3.